The summed E-state index contributed by atoms with van der Waals surface area (Å²) in [5.41, 5.74) is 3.09. The van der Waals surface area contributed by atoms with E-state index < -0.39 is 29.7 Å². The van der Waals surface area contributed by atoms with Gasteiger partial charge in [-0.15, -0.1) is 0 Å². The molecule has 2 aromatic carbocycles. The smallest absolute Gasteiger partial charge is 0.262 e. The number of piperazine rings is 1. The van der Waals surface area contributed by atoms with Crippen molar-refractivity contribution in [1.29, 1.82) is 5.26 Å². The van der Waals surface area contributed by atoms with Gasteiger partial charge in [0.2, 0.25) is 11.8 Å². The summed E-state index contributed by atoms with van der Waals surface area (Å²) in [5.74, 6) is -0.0660. The Hall–Kier alpha value is -6.40. The molecule has 0 aliphatic carbocycles. The monoisotopic (exact) mass is 797 g/mol. The number of benzene rings is 2. The number of piperidine rings is 2. The molecule has 4 aromatic rings. The molecule has 0 radical (unpaired) electrons. The minimum absolute atomic E-state index is 0.0801. The van der Waals surface area contributed by atoms with Gasteiger partial charge >= 0.3 is 0 Å². The lowest BCUT2D eigenvalue weighted by Crippen LogP contribution is -2.54. The first kappa shape index (κ1) is 39.4. The number of fused-ring (bicyclic) bond motifs is 2. The van der Waals surface area contributed by atoms with E-state index in [1.54, 1.807) is 36.7 Å². The van der Waals surface area contributed by atoms with Crippen LogP contribution < -0.4 is 25.2 Å². The molecule has 3 saturated heterocycles. The van der Waals surface area contributed by atoms with Crippen molar-refractivity contribution in [2.24, 2.45) is 5.92 Å². The molecule has 5 amide bonds. The minimum Gasteiger partial charge on any atom is -0.493 e. The van der Waals surface area contributed by atoms with Crippen molar-refractivity contribution in [3.63, 3.8) is 0 Å². The van der Waals surface area contributed by atoms with Gasteiger partial charge < -0.3 is 19.9 Å². The van der Waals surface area contributed by atoms with Gasteiger partial charge in [0.25, 0.3) is 17.7 Å². The number of hydrogen-bond donors (Lipinski definition) is 2. The number of nitriles is 1. The quantitative estimate of drug-likeness (QED) is 0.198. The number of ether oxygens (including phenoxy) is 1. The highest BCUT2D eigenvalue weighted by Gasteiger charge is 2.45. The highest BCUT2D eigenvalue weighted by molar-refractivity contribution is 6.23. The van der Waals surface area contributed by atoms with Crippen LogP contribution in [0.25, 0.3) is 10.9 Å². The van der Waals surface area contributed by atoms with Crippen molar-refractivity contribution in [2.75, 3.05) is 62.2 Å². The third-order valence-corrected chi connectivity index (χ3v) is 12.0. The number of hydrogen-bond acceptors (Lipinski definition) is 12. The van der Waals surface area contributed by atoms with Crippen molar-refractivity contribution in [1.82, 2.24) is 30.4 Å². The molecule has 8 rings (SSSR count). The van der Waals surface area contributed by atoms with Gasteiger partial charge in [0, 0.05) is 88.2 Å². The van der Waals surface area contributed by atoms with E-state index in [1.165, 1.54) is 0 Å². The molecule has 2 atom stereocenters. The molecular formula is C44H47N9O6. The molecule has 2 unspecified atom stereocenters. The van der Waals surface area contributed by atoms with E-state index in [9.17, 15) is 29.2 Å². The fraction of sp³-hybridized carbons (Fsp3) is 0.409. The molecule has 15 nitrogen and oxygen atoms in total. The summed E-state index contributed by atoms with van der Waals surface area (Å²) in [5, 5.41) is 15.6. The number of nitrogens with one attached hydrogen (secondary N) is 2. The summed E-state index contributed by atoms with van der Waals surface area (Å²) in [4.78, 5) is 80.7. The topological polar surface area (TPSA) is 181 Å². The van der Waals surface area contributed by atoms with Crippen LogP contribution in [0.2, 0.25) is 0 Å². The number of rotatable bonds is 12. The summed E-state index contributed by atoms with van der Waals surface area (Å²) in [6, 6.07) is 17.4. The Bertz CT molecular complexity index is 2310. The summed E-state index contributed by atoms with van der Waals surface area (Å²) >= 11 is 0. The Morgan fingerprint density at radius 1 is 0.932 bits per heavy atom. The van der Waals surface area contributed by atoms with Crippen molar-refractivity contribution < 1.29 is 28.7 Å². The van der Waals surface area contributed by atoms with Gasteiger partial charge in [-0.2, -0.15) is 5.26 Å². The second-order valence-electron chi connectivity index (χ2n) is 15.6. The number of aromatic nitrogens is 2. The first-order chi connectivity index (χ1) is 28.7. The van der Waals surface area contributed by atoms with E-state index in [1.807, 2.05) is 37.3 Å². The highest BCUT2D eigenvalue weighted by Crippen LogP contribution is 2.32. The van der Waals surface area contributed by atoms with Gasteiger partial charge in [-0.1, -0.05) is 6.92 Å². The second kappa shape index (κ2) is 17.2. The number of pyridine rings is 2. The predicted molar refractivity (Wildman–Crippen MR) is 219 cm³/mol. The first-order valence-corrected chi connectivity index (χ1v) is 20.5. The molecule has 0 bridgehead atoms. The summed E-state index contributed by atoms with van der Waals surface area (Å²) in [7, 11) is 0. The standard InChI is InChI=1S/C44H47N9O6/c1-2-31(15-23-59-37-10-5-29(25-45)40-34(37)4-3-16-46-40)48-41(55)30-6-11-38(47-26-30)52-17-13-28(14-18-52)27-50-19-21-51(22-20-50)32-7-8-33-35(24-32)44(58)53(43(33)57)36-9-12-39(54)49-42(36)56/h3-8,10-11,16,24,26,28,31,36H,2,9,12-15,17-23,27H2,1H3,(H,48,55)(H,49,54,56). The zero-order valence-corrected chi connectivity index (χ0v) is 33.1. The predicted octanol–water partition coefficient (Wildman–Crippen LogP) is 3.92. The van der Waals surface area contributed by atoms with E-state index in [0.717, 1.165) is 86.9 Å². The SMILES string of the molecule is CCC(CCOc1ccc(C#N)c2ncccc12)NC(=O)c1ccc(N2CCC(CN3CCN(c4ccc5c(c4)C(=O)N(C4CCC(=O)NC4=O)C5=O)CC3)CC2)nc1. The molecule has 304 valence electrons. The number of nitrogens with zero attached hydrogens (tertiary/aromatic N) is 7. The summed E-state index contributed by atoms with van der Waals surface area (Å²) in [6.07, 6.45) is 6.99. The van der Waals surface area contributed by atoms with Crippen LogP contribution in [0.3, 0.4) is 0 Å². The lowest BCUT2D eigenvalue weighted by Gasteiger charge is -2.40. The van der Waals surface area contributed by atoms with E-state index >= 15 is 0 Å². The average molecular weight is 798 g/mol. The molecule has 4 aliphatic heterocycles. The molecule has 59 heavy (non-hydrogen) atoms. The maximum absolute atomic E-state index is 13.3. The fourth-order valence-electron chi connectivity index (χ4n) is 8.58. The summed E-state index contributed by atoms with van der Waals surface area (Å²) < 4.78 is 6.07. The van der Waals surface area contributed by atoms with Gasteiger partial charge in [-0.3, -0.25) is 44.1 Å². The van der Waals surface area contributed by atoms with Crippen LogP contribution in [0.5, 0.6) is 5.75 Å². The number of imide groups is 2. The third-order valence-electron chi connectivity index (χ3n) is 12.0. The zero-order valence-electron chi connectivity index (χ0n) is 33.1. The third kappa shape index (κ3) is 8.31. The fourth-order valence-corrected chi connectivity index (χ4v) is 8.58. The molecule has 3 fully saturated rings. The van der Waals surface area contributed by atoms with Crippen LogP contribution in [0.4, 0.5) is 11.5 Å². The van der Waals surface area contributed by atoms with Gasteiger partial charge in [0.15, 0.2) is 0 Å². The van der Waals surface area contributed by atoms with Crippen molar-refractivity contribution in [2.45, 2.75) is 57.5 Å². The lowest BCUT2D eigenvalue weighted by atomic mass is 9.96. The minimum atomic E-state index is -0.977. The van der Waals surface area contributed by atoms with Gasteiger partial charge in [0.05, 0.1) is 34.4 Å². The van der Waals surface area contributed by atoms with Crippen LogP contribution in [0, 0.1) is 17.2 Å². The van der Waals surface area contributed by atoms with Crippen molar-refractivity contribution >= 4 is 51.9 Å². The molecule has 6 heterocycles. The summed E-state index contributed by atoms with van der Waals surface area (Å²) in [6.45, 7) is 8.58. The van der Waals surface area contributed by atoms with Gasteiger partial charge in [-0.05, 0) is 86.2 Å². The molecule has 2 N–H and O–H groups in total. The van der Waals surface area contributed by atoms with Gasteiger partial charge in [0.1, 0.15) is 23.7 Å². The number of amides is 5. The first-order valence-electron chi connectivity index (χ1n) is 20.5. The van der Waals surface area contributed by atoms with E-state index in [4.69, 9.17) is 4.74 Å². The molecular weight excluding hydrogens is 751 g/mol. The van der Waals surface area contributed by atoms with E-state index in [2.05, 4.69) is 41.4 Å². The highest BCUT2D eigenvalue weighted by atomic mass is 16.5. The van der Waals surface area contributed by atoms with Crippen LogP contribution in [0.1, 0.15) is 82.1 Å². The zero-order chi connectivity index (χ0) is 41.0. The Labute approximate surface area is 342 Å². The van der Waals surface area contributed by atoms with Gasteiger partial charge in [-0.25, -0.2) is 4.98 Å². The molecule has 0 spiro atoms. The Morgan fingerprint density at radius 3 is 2.46 bits per heavy atom. The molecule has 0 saturated carbocycles. The molecule has 15 heteroatoms. The van der Waals surface area contributed by atoms with Crippen LogP contribution in [0.15, 0.2) is 67.0 Å². The molecule has 4 aliphatic rings. The number of anilines is 2. The van der Waals surface area contributed by atoms with Crippen molar-refractivity contribution in [3.8, 4) is 11.8 Å². The maximum atomic E-state index is 13.3. The number of carbonyl (C=O) groups excluding carboxylic acids is 5. The van der Waals surface area contributed by atoms with E-state index in [-0.39, 0.29) is 24.8 Å². The van der Waals surface area contributed by atoms with Crippen LogP contribution >= 0.6 is 0 Å². The largest absolute Gasteiger partial charge is 0.493 e. The lowest BCUT2D eigenvalue weighted by molar-refractivity contribution is -0.136. The second-order valence-corrected chi connectivity index (χ2v) is 15.6. The Balaban J connectivity index is 0.767. The Morgan fingerprint density at radius 2 is 1.73 bits per heavy atom. The Kier molecular flexibility index (Phi) is 11.5. The normalized spacial score (nSPS) is 19.4. The van der Waals surface area contributed by atoms with Crippen LogP contribution in [-0.2, 0) is 9.59 Å². The van der Waals surface area contributed by atoms with E-state index in [0.29, 0.717) is 52.5 Å². The van der Waals surface area contributed by atoms with Crippen molar-refractivity contribution in [3.05, 3.63) is 89.2 Å². The van der Waals surface area contributed by atoms with Crippen LogP contribution in [-0.4, -0.2) is 114 Å². The maximum Gasteiger partial charge on any atom is 0.262 e. The number of carbonyl (C=O) groups is 5. The average Bonchev–Trinajstić information content (AvgIpc) is 3.51. The molecule has 2 aromatic heterocycles.